The molecule has 0 saturated heterocycles. The zero-order chi connectivity index (χ0) is 29.7. The van der Waals surface area contributed by atoms with E-state index < -0.39 is 17.6 Å². The minimum Gasteiger partial charge on any atom is -0.352 e. The first-order chi connectivity index (χ1) is 19.6. The maximum Gasteiger partial charge on any atom is 0.272 e. The van der Waals surface area contributed by atoms with Gasteiger partial charge in [-0.15, -0.1) is 0 Å². The molecule has 3 aromatic carbocycles. The van der Waals surface area contributed by atoms with Crippen LogP contribution < -0.4 is 16.0 Å². The molecule has 41 heavy (non-hydrogen) atoms. The van der Waals surface area contributed by atoms with Crippen LogP contribution in [-0.4, -0.2) is 22.3 Å². The largest absolute Gasteiger partial charge is 0.352 e. The van der Waals surface area contributed by atoms with Crippen molar-refractivity contribution in [3.63, 3.8) is 0 Å². The summed E-state index contributed by atoms with van der Waals surface area (Å²) in [6, 6.07) is 16.3. The molecule has 0 atom stereocenters. The van der Waals surface area contributed by atoms with E-state index in [2.05, 4.69) is 22.9 Å². The molecule has 0 spiro atoms. The topological polar surface area (TPSA) is 92.2 Å². The Hall–Kier alpha value is -3.88. The van der Waals surface area contributed by atoms with Crippen molar-refractivity contribution in [2.45, 2.75) is 46.7 Å². The number of amides is 3. The van der Waals surface area contributed by atoms with Gasteiger partial charge in [0.05, 0.1) is 15.6 Å². The summed E-state index contributed by atoms with van der Waals surface area (Å²) in [4.78, 5) is 38.3. The van der Waals surface area contributed by atoms with E-state index in [0.29, 0.717) is 23.6 Å². The Bertz CT molecular complexity index is 1620. The van der Waals surface area contributed by atoms with E-state index in [4.69, 9.17) is 23.2 Å². The van der Waals surface area contributed by atoms with Gasteiger partial charge in [-0.25, -0.2) is 4.39 Å². The number of rotatable bonds is 10. The summed E-state index contributed by atoms with van der Waals surface area (Å²) in [6.45, 7) is 6.56. The normalized spacial score (nSPS) is 11.1. The van der Waals surface area contributed by atoms with Crippen molar-refractivity contribution in [1.82, 2.24) is 9.88 Å². The number of hydrogen-bond acceptors (Lipinski definition) is 3. The van der Waals surface area contributed by atoms with Gasteiger partial charge in [0, 0.05) is 41.3 Å². The lowest BCUT2D eigenvalue weighted by Gasteiger charge is -2.12. The van der Waals surface area contributed by atoms with Crippen LogP contribution in [0.1, 0.15) is 60.0 Å². The lowest BCUT2D eigenvalue weighted by atomic mass is 10.1. The van der Waals surface area contributed by atoms with E-state index in [1.54, 1.807) is 50.2 Å². The molecule has 0 aliphatic carbocycles. The Morgan fingerprint density at radius 2 is 1.56 bits per heavy atom. The number of anilines is 2. The number of unbranched alkanes of at least 4 members (excludes halogenated alkanes) is 1. The summed E-state index contributed by atoms with van der Waals surface area (Å²) >= 11 is 12.1. The Morgan fingerprint density at radius 1 is 0.878 bits per heavy atom. The van der Waals surface area contributed by atoms with Crippen LogP contribution in [0.4, 0.5) is 15.8 Å². The van der Waals surface area contributed by atoms with Crippen molar-refractivity contribution in [1.29, 1.82) is 0 Å². The number of nitrogens with zero attached hydrogens (tertiary/aromatic N) is 1. The molecule has 0 saturated carbocycles. The molecule has 4 aromatic rings. The molecule has 1 heterocycles. The van der Waals surface area contributed by atoms with Crippen LogP contribution in [-0.2, 0) is 17.9 Å². The predicted molar refractivity (Wildman–Crippen MR) is 162 cm³/mol. The number of nitrogens with one attached hydrogen (secondary N) is 3. The third kappa shape index (κ3) is 7.26. The lowest BCUT2D eigenvalue weighted by molar-refractivity contribution is -0.124. The highest BCUT2D eigenvalue weighted by Gasteiger charge is 2.18. The van der Waals surface area contributed by atoms with Gasteiger partial charge in [0.2, 0.25) is 5.91 Å². The molecule has 7 nitrogen and oxygen atoms in total. The molecule has 1 aromatic heterocycles. The predicted octanol–water partition coefficient (Wildman–Crippen LogP) is 7.66. The highest BCUT2D eigenvalue weighted by atomic mass is 35.5. The van der Waals surface area contributed by atoms with Gasteiger partial charge in [-0.3, -0.25) is 14.4 Å². The molecule has 4 rings (SSSR count). The van der Waals surface area contributed by atoms with Crippen molar-refractivity contribution in [2.24, 2.45) is 5.92 Å². The second-order valence-electron chi connectivity index (χ2n) is 10.0. The molecular formula is C31H31Cl2FN4O3. The monoisotopic (exact) mass is 596 g/mol. The summed E-state index contributed by atoms with van der Waals surface area (Å²) < 4.78 is 15.8. The number of aryl methyl sites for hydroxylation is 1. The second kappa shape index (κ2) is 13.2. The third-order valence-electron chi connectivity index (χ3n) is 6.57. The van der Waals surface area contributed by atoms with Crippen molar-refractivity contribution in [3.05, 3.63) is 93.3 Å². The van der Waals surface area contributed by atoms with E-state index in [1.807, 2.05) is 10.6 Å². The Morgan fingerprint density at radius 3 is 2.27 bits per heavy atom. The van der Waals surface area contributed by atoms with Crippen LogP contribution in [0.3, 0.4) is 0 Å². The van der Waals surface area contributed by atoms with Crippen molar-refractivity contribution < 1.29 is 18.8 Å². The van der Waals surface area contributed by atoms with Gasteiger partial charge in [0.1, 0.15) is 11.5 Å². The Kier molecular flexibility index (Phi) is 9.68. The van der Waals surface area contributed by atoms with Gasteiger partial charge in [-0.2, -0.15) is 0 Å². The van der Waals surface area contributed by atoms with Gasteiger partial charge in [-0.1, -0.05) is 56.5 Å². The summed E-state index contributed by atoms with van der Waals surface area (Å²) in [7, 11) is 0. The first-order valence-electron chi connectivity index (χ1n) is 13.3. The van der Waals surface area contributed by atoms with Crippen LogP contribution in [0, 0.1) is 11.7 Å². The van der Waals surface area contributed by atoms with E-state index in [0.717, 1.165) is 29.3 Å². The van der Waals surface area contributed by atoms with Crippen molar-refractivity contribution in [2.75, 3.05) is 10.6 Å². The molecule has 3 amide bonds. The molecule has 0 fully saturated rings. The molecule has 0 bridgehead atoms. The Balaban J connectivity index is 1.57. The first kappa shape index (κ1) is 30.1. The number of benzene rings is 3. The molecular weight excluding hydrogens is 566 g/mol. The zero-order valence-corrected chi connectivity index (χ0v) is 24.5. The molecule has 0 radical (unpaired) electrons. The fraction of sp³-hybridized carbons (Fsp3) is 0.258. The van der Waals surface area contributed by atoms with Crippen LogP contribution >= 0.6 is 23.2 Å². The molecule has 214 valence electrons. The van der Waals surface area contributed by atoms with Gasteiger partial charge in [0.25, 0.3) is 11.8 Å². The maximum atomic E-state index is 13.9. The van der Waals surface area contributed by atoms with Crippen molar-refractivity contribution >= 4 is 63.2 Å². The second-order valence-corrected chi connectivity index (χ2v) is 10.8. The average molecular weight is 598 g/mol. The summed E-state index contributed by atoms with van der Waals surface area (Å²) in [5, 5.41) is 9.46. The zero-order valence-electron chi connectivity index (χ0n) is 23.0. The van der Waals surface area contributed by atoms with Crippen LogP contribution in [0.2, 0.25) is 10.0 Å². The third-order valence-corrected chi connectivity index (χ3v) is 7.21. The van der Waals surface area contributed by atoms with Gasteiger partial charge in [0.15, 0.2) is 0 Å². The SMILES string of the molecule is CCCCn1c(C(=O)Nc2ccc(Cl)c(F)c2)cc2cc(NC(=O)c3cc(CNC(=O)C(C)C)ccc3Cl)ccc21. The molecule has 3 N–H and O–H groups in total. The number of carbonyl (C=O) groups is 3. The van der Waals surface area contributed by atoms with Gasteiger partial charge in [-0.05, 0) is 66.6 Å². The smallest absolute Gasteiger partial charge is 0.272 e. The van der Waals surface area contributed by atoms with Crippen LogP contribution in [0.15, 0.2) is 60.7 Å². The van der Waals surface area contributed by atoms with Gasteiger partial charge >= 0.3 is 0 Å². The van der Waals surface area contributed by atoms with Crippen LogP contribution in [0.25, 0.3) is 10.9 Å². The molecule has 10 heteroatoms. The summed E-state index contributed by atoms with van der Waals surface area (Å²) in [5.41, 5.74) is 3.07. The molecule has 0 aliphatic rings. The minimum absolute atomic E-state index is 0.0273. The first-order valence-corrected chi connectivity index (χ1v) is 14.1. The number of aromatic nitrogens is 1. The van der Waals surface area contributed by atoms with E-state index in [9.17, 15) is 18.8 Å². The average Bonchev–Trinajstić information content (AvgIpc) is 3.30. The highest BCUT2D eigenvalue weighted by molar-refractivity contribution is 6.34. The van der Waals surface area contributed by atoms with Gasteiger partial charge < -0.3 is 20.5 Å². The lowest BCUT2D eigenvalue weighted by Crippen LogP contribution is -2.27. The maximum absolute atomic E-state index is 13.9. The Labute approximate surface area is 248 Å². The fourth-order valence-corrected chi connectivity index (χ4v) is 4.63. The van der Waals surface area contributed by atoms with E-state index in [-0.39, 0.29) is 34.0 Å². The number of halogens is 3. The molecule has 0 unspecified atom stereocenters. The summed E-state index contributed by atoms with van der Waals surface area (Å²) in [6.07, 6.45) is 1.78. The van der Waals surface area contributed by atoms with E-state index >= 15 is 0 Å². The minimum atomic E-state index is -0.623. The highest BCUT2D eigenvalue weighted by Crippen LogP contribution is 2.27. The molecule has 0 aliphatic heterocycles. The number of carbonyl (C=O) groups excluding carboxylic acids is 3. The van der Waals surface area contributed by atoms with Crippen molar-refractivity contribution in [3.8, 4) is 0 Å². The number of hydrogen-bond donors (Lipinski definition) is 3. The standard InChI is InChI=1S/C31H31Cl2FN4O3/c1-4-5-12-38-27-11-8-21(14-20(27)15-28(38)31(41)37-22-7-10-25(33)26(34)16-22)36-30(40)23-13-19(6-9-24(23)32)17-35-29(39)18(2)3/h6-11,13-16,18H,4-5,12,17H2,1-3H3,(H,35,39)(H,36,40)(H,37,41). The van der Waals surface area contributed by atoms with E-state index in [1.165, 1.54) is 18.2 Å². The fourth-order valence-electron chi connectivity index (χ4n) is 4.31. The van der Waals surface area contributed by atoms with Crippen LogP contribution in [0.5, 0.6) is 0 Å². The number of fused-ring (bicyclic) bond motifs is 1. The quantitative estimate of drug-likeness (QED) is 0.175. The summed E-state index contributed by atoms with van der Waals surface area (Å²) in [5.74, 6) is -1.65.